The van der Waals surface area contributed by atoms with Crippen LogP contribution in [0, 0.1) is 11.3 Å². The standard InChI is InChI=1S/C26H32N2O6/c1-28(15-12-19-10-11-22(31-2)23(16-19)32-3)14-7-13-26(18-27,25(30)34-5)21-9-6-8-20(17-21)24(29)33-4/h6,8-11,16-17H,7,12-15H2,1-5H3/t26-/m0/s1. The summed E-state index contributed by atoms with van der Waals surface area (Å²) in [4.78, 5) is 26.8. The maximum atomic E-state index is 12.7. The second-order valence-corrected chi connectivity index (χ2v) is 7.93. The maximum absolute atomic E-state index is 12.7. The number of benzene rings is 2. The Morgan fingerprint density at radius 1 is 0.971 bits per heavy atom. The fourth-order valence-electron chi connectivity index (χ4n) is 3.82. The van der Waals surface area contributed by atoms with Gasteiger partial charge in [-0.3, -0.25) is 0 Å². The van der Waals surface area contributed by atoms with E-state index in [-0.39, 0.29) is 12.0 Å². The van der Waals surface area contributed by atoms with E-state index in [0.29, 0.717) is 30.0 Å². The van der Waals surface area contributed by atoms with Crippen LogP contribution in [0.3, 0.4) is 0 Å². The van der Waals surface area contributed by atoms with Gasteiger partial charge in [-0.15, -0.1) is 0 Å². The third-order valence-corrected chi connectivity index (χ3v) is 5.82. The molecule has 34 heavy (non-hydrogen) atoms. The second kappa shape index (κ2) is 12.6. The molecule has 0 aliphatic heterocycles. The molecule has 0 unspecified atom stereocenters. The lowest BCUT2D eigenvalue weighted by molar-refractivity contribution is -0.145. The zero-order valence-corrected chi connectivity index (χ0v) is 20.4. The molecule has 0 radical (unpaired) electrons. The van der Waals surface area contributed by atoms with Crippen LogP contribution in [-0.4, -0.2) is 65.4 Å². The van der Waals surface area contributed by atoms with Crippen LogP contribution in [0.2, 0.25) is 0 Å². The average Bonchev–Trinajstić information content (AvgIpc) is 2.88. The fraction of sp³-hybridized carbons (Fsp3) is 0.423. The summed E-state index contributed by atoms with van der Waals surface area (Å²) in [5.41, 5.74) is 0.293. The van der Waals surface area contributed by atoms with E-state index in [1.54, 1.807) is 32.4 Å². The Hall–Kier alpha value is -3.57. The highest BCUT2D eigenvalue weighted by Gasteiger charge is 2.42. The Morgan fingerprint density at radius 3 is 2.32 bits per heavy atom. The molecule has 0 aliphatic rings. The van der Waals surface area contributed by atoms with Gasteiger partial charge in [0.25, 0.3) is 0 Å². The molecular weight excluding hydrogens is 436 g/mol. The van der Waals surface area contributed by atoms with Crippen molar-refractivity contribution in [2.24, 2.45) is 0 Å². The molecule has 8 nitrogen and oxygen atoms in total. The largest absolute Gasteiger partial charge is 0.493 e. The highest BCUT2D eigenvalue weighted by atomic mass is 16.5. The first-order valence-corrected chi connectivity index (χ1v) is 10.9. The first-order chi connectivity index (χ1) is 16.3. The Balaban J connectivity index is 2.07. The van der Waals surface area contributed by atoms with E-state index in [0.717, 1.165) is 18.5 Å². The van der Waals surface area contributed by atoms with Crippen molar-refractivity contribution in [1.29, 1.82) is 5.26 Å². The van der Waals surface area contributed by atoms with Crippen LogP contribution < -0.4 is 9.47 Å². The molecule has 0 N–H and O–H groups in total. The first-order valence-electron chi connectivity index (χ1n) is 10.9. The highest BCUT2D eigenvalue weighted by molar-refractivity contribution is 5.91. The van der Waals surface area contributed by atoms with Crippen LogP contribution in [0.5, 0.6) is 11.5 Å². The lowest BCUT2D eigenvalue weighted by atomic mass is 9.77. The lowest BCUT2D eigenvalue weighted by Crippen LogP contribution is -2.37. The topological polar surface area (TPSA) is 98.1 Å². The summed E-state index contributed by atoms with van der Waals surface area (Å²) in [6.07, 6.45) is 1.63. The van der Waals surface area contributed by atoms with Crippen molar-refractivity contribution in [3.63, 3.8) is 0 Å². The SMILES string of the molecule is COC(=O)c1cccc([C@@](C#N)(CCCN(C)CCc2ccc(OC)c(OC)c2)C(=O)OC)c1. The van der Waals surface area contributed by atoms with Crippen molar-refractivity contribution in [2.75, 3.05) is 48.6 Å². The molecule has 0 aliphatic carbocycles. The Labute approximate surface area is 201 Å². The van der Waals surface area contributed by atoms with Gasteiger partial charge in [0, 0.05) is 6.54 Å². The normalized spacial score (nSPS) is 12.4. The molecule has 0 spiro atoms. The lowest BCUT2D eigenvalue weighted by Gasteiger charge is -2.26. The summed E-state index contributed by atoms with van der Waals surface area (Å²) in [5, 5.41) is 10.0. The summed E-state index contributed by atoms with van der Waals surface area (Å²) in [7, 11) is 7.74. The van der Waals surface area contributed by atoms with E-state index in [9.17, 15) is 14.9 Å². The Bertz CT molecular complexity index is 1030. The molecule has 0 fully saturated rings. The van der Waals surface area contributed by atoms with Gasteiger partial charge in [-0.1, -0.05) is 18.2 Å². The average molecular weight is 469 g/mol. The van der Waals surface area contributed by atoms with E-state index in [2.05, 4.69) is 11.0 Å². The van der Waals surface area contributed by atoms with Gasteiger partial charge in [0.1, 0.15) is 0 Å². The van der Waals surface area contributed by atoms with Crippen LogP contribution in [0.15, 0.2) is 42.5 Å². The molecule has 2 rings (SSSR count). The third kappa shape index (κ3) is 6.27. The van der Waals surface area contributed by atoms with Gasteiger partial charge in [-0.2, -0.15) is 5.26 Å². The van der Waals surface area contributed by atoms with Gasteiger partial charge in [0.2, 0.25) is 0 Å². The van der Waals surface area contributed by atoms with Gasteiger partial charge in [-0.25, -0.2) is 9.59 Å². The predicted molar refractivity (Wildman–Crippen MR) is 127 cm³/mol. The van der Waals surface area contributed by atoms with Crippen LogP contribution in [0.25, 0.3) is 0 Å². The smallest absolute Gasteiger partial charge is 0.337 e. The van der Waals surface area contributed by atoms with Crippen molar-refractivity contribution in [3.05, 3.63) is 59.2 Å². The molecule has 0 saturated heterocycles. The maximum Gasteiger partial charge on any atom is 0.337 e. The molecule has 1 atom stereocenters. The van der Waals surface area contributed by atoms with Crippen molar-refractivity contribution in [1.82, 2.24) is 4.90 Å². The number of likely N-dealkylation sites (N-methyl/N-ethyl adjacent to an activating group) is 1. The Morgan fingerprint density at radius 2 is 1.71 bits per heavy atom. The van der Waals surface area contributed by atoms with Crippen molar-refractivity contribution in [3.8, 4) is 17.6 Å². The molecule has 2 aromatic rings. The summed E-state index contributed by atoms with van der Waals surface area (Å²) in [5.74, 6) is 0.193. The van der Waals surface area contributed by atoms with Crippen LogP contribution in [-0.2, 0) is 26.1 Å². The van der Waals surface area contributed by atoms with Crippen molar-refractivity contribution < 1.29 is 28.5 Å². The Kier molecular flexibility index (Phi) is 9.90. The second-order valence-electron chi connectivity index (χ2n) is 7.93. The van der Waals surface area contributed by atoms with Crippen molar-refractivity contribution in [2.45, 2.75) is 24.7 Å². The van der Waals surface area contributed by atoms with Crippen molar-refractivity contribution >= 4 is 11.9 Å². The summed E-state index contributed by atoms with van der Waals surface area (Å²) < 4.78 is 20.4. The number of esters is 2. The minimum Gasteiger partial charge on any atom is -0.493 e. The van der Waals surface area contributed by atoms with E-state index in [1.807, 2.05) is 25.2 Å². The van der Waals surface area contributed by atoms with Gasteiger partial charge in [-0.05, 0) is 68.2 Å². The molecule has 182 valence electrons. The summed E-state index contributed by atoms with van der Waals surface area (Å²) in [6, 6.07) is 14.4. The minimum absolute atomic E-state index is 0.251. The number of hydrogen-bond donors (Lipinski definition) is 0. The molecular formula is C26H32N2O6. The van der Waals surface area contributed by atoms with E-state index in [4.69, 9.17) is 18.9 Å². The van der Waals surface area contributed by atoms with E-state index < -0.39 is 17.4 Å². The molecule has 0 heterocycles. The highest BCUT2D eigenvalue weighted by Crippen LogP contribution is 2.32. The number of rotatable bonds is 12. The molecule has 2 aromatic carbocycles. The third-order valence-electron chi connectivity index (χ3n) is 5.82. The number of methoxy groups -OCH3 is 4. The number of ether oxygens (including phenoxy) is 4. The number of carbonyl (C=O) groups excluding carboxylic acids is 2. The first kappa shape index (κ1) is 26.7. The monoisotopic (exact) mass is 468 g/mol. The van der Waals surface area contributed by atoms with E-state index in [1.165, 1.54) is 20.3 Å². The van der Waals surface area contributed by atoms with Gasteiger partial charge >= 0.3 is 11.9 Å². The molecule has 0 bridgehead atoms. The zero-order valence-electron chi connectivity index (χ0n) is 20.4. The zero-order chi connectivity index (χ0) is 25.1. The number of nitriles is 1. The quantitative estimate of drug-likeness (QED) is 0.437. The number of hydrogen-bond acceptors (Lipinski definition) is 8. The molecule has 0 amide bonds. The number of nitrogens with zero attached hydrogens (tertiary/aromatic N) is 2. The summed E-state index contributed by atoms with van der Waals surface area (Å²) in [6.45, 7) is 1.45. The minimum atomic E-state index is -1.51. The van der Waals surface area contributed by atoms with Gasteiger partial charge < -0.3 is 23.8 Å². The predicted octanol–water partition coefficient (Wildman–Crippen LogP) is 3.38. The fourth-order valence-corrected chi connectivity index (χ4v) is 3.82. The summed E-state index contributed by atoms with van der Waals surface area (Å²) >= 11 is 0. The molecule has 8 heteroatoms. The van der Waals surface area contributed by atoms with Crippen LogP contribution in [0.1, 0.15) is 34.3 Å². The molecule has 0 saturated carbocycles. The number of carbonyl (C=O) groups is 2. The van der Waals surface area contributed by atoms with Crippen LogP contribution >= 0.6 is 0 Å². The van der Waals surface area contributed by atoms with Gasteiger partial charge in [0.05, 0.1) is 40.1 Å². The van der Waals surface area contributed by atoms with Crippen LogP contribution in [0.4, 0.5) is 0 Å². The molecule has 0 aromatic heterocycles. The van der Waals surface area contributed by atoms with Gasteiger partial charge in [0.15, 0.2) is 16.9 Å². The van der Waals surface area contributed by atoms with E-state index >= 15 is 0 Å².